The number of alkyl halides is 2. The Kier molecular flexibility index (Phi) is 2.59. The molecule has 1 aromatic carbocycles. The van der Waals surface area contributed by atoms with Gasteiger partial charge in [-0.3, -0.25) is 4.57 Å². The van der Waals surface area contributed by atoms with Gasteiger partial charge >= 0.3 is 6.55 Å². The summed E-state index contributed by atoms with van der Waals surface area (Å²) in [6, 6.07) is 8.02. The second-order valence-electron chi connectivity index (χ2n) is 4.51. The van der Waals surface area contributed by atoms with E-state index in [9.17, 15) is 8.78 Å². The van der Waals surface area contributed by atoms with Gasteiger partial charge in [0.2, 0.25) is 0 Å². The van der Waals surface area contributed by atoms with Crippen LogP contribution in [0.2, 0.25) is 0 Å². The van der Waals surface area contributed by atoms with Crippen LogP contribution in [0.5, 0.6) is 0 Å². The number of nitrogens with zero attached hydrogens (tertiary/aromatic N) is 1. The third-order valence-corrected chi connectivity index (χ3v) is 3.19. The zero-order chi connectivity index (χ0) is 11.8. The third-order valence-electron chi connectivity index (χ3n) is 3.19. The summed E-state index contributed by atoms with van der Waals surface area (Å²) in [6.07, 6.45) is 3.85. The van der Waals surface area contributed by atoms with E-state index in [0.29, 0.717) is 18.1 Å². The van der Waals surface area contributed by atoms with E-state index in [-0.39, 0.29) is 0 Å². The number of nitrogens with one attached hydrogen (secondary N) is 1. The molecule has 1 saturated carbocycles. The maximum Gasteiger partial charge on any atom is 0.319 e. The van der Waals surface area contributed by atoms with Crippen LogP contribution in [-0.2, 0) is 6.54 Å². The average molecular weight is 236 g/mol. The molecule has 0 unspecified atom stereocenters. The van der Waals surface area contributed by atoms with E-state index in [2.05, 4.69) is 5.32 Å². The Bertz CT molecular complexity index is 529. The van der Waals surface area contributed by atoms with Crippen LogP contribution in [-0.4, -0.2) is 10.6 Å². The van der Waals surface area contributed by atoms with Crippen LogP contribution in [0.4, 0.5) is 8.78 Å². The second kappa shape index (κ2) is 4.11. The lowest BCUT2D eigenvalue weighted by Gasteiger charge is -2.09. The van der Waals surface area contributed by atoms with Crippen LogP contribution in [0.3, 0.4) is 0 Å². The second-order valence-corrected chi connectivity index (χ2v) is 4.51. The van der Waals surface area contributed by atoms with Crippen molar-refractivity contribution in [3.63, 3.8) is 0 Å². The molecule has 1 aliphatic carbocycles. The van der Waals surface area contributed by atoms with Crippen LogP contribution in [0.1, 0.15) is 25.0 Å². The lowest BCUT2D eigenvalue weighted by molar-refractivity contribution is 0.0751. The third kappa shape index (κ3) is 2.05. The highest BCUT2D eigenvalue weighted by Crippen LogP contribution is 2.26. The molecule has 0 aliphatic heterocycles. The summed E-state index contributed by atoms with van der Waals surface area (Å²) < 4.78 is 26.8. The van der Waals surface area contributed by atoms with Crippen molar-refractivity contribution in [2.75, 3.05) is 0 Å². The molecule has 4 heteroatoms. The van der Waals surface area contributed by atoms with Gasteiger partial charge in [-0.05, 0) is 24.5 Å². The van der Waals surface area contributed by atoms with Crippen molar-refractivity contribution < 1.29 is 8.78 Å². The number of hydrogen-bond acceptors (Lipinski definition) is 1. The summed E-state index contributed by atoms with van der Waals surface area (Å²) in [5.41, 5.74) is 1.59. The minimum absolute atomic E-state index is 0.584. The van der Waals surface area contributed by atoms with E-state index < -0.39 is 6.55 Å². The summed E-state index contributed by atoms with van der Waals surface area (Å²) in [6.45, 7) is -1.81. The van der Waals surface area contributed by atoms with Crippen molar-refractivity contribution in [2.45, 2.75) is 32.0 Å². The van der Waals surface area contributed by atoms with Gasteiger partial charge in [0.25, 0.3) is 0 Å². The summed E-state index contributed by atoms with van der Waals surface area (Å²) >= 11 is 0. The van der Waals surface area contributed by atoms with Crippen molar-refractivity contribution >= 4 is 10.9 Å². The maximum atomic E-state index is 12.9. The molecule has 90 valence electrons. The monoisotopic (exact) mass is 236 g/mol. The van der Waals surface area contributed by atoms with Crippen molar-refractivity contribution in [2.24, 2.45) is 0 Å². The molecule has 0 bridgehead atoms. The maximum absolute atomic E-state index is 12.9. The quantitative estimate of drug-likeness (QED) is 0.862. The van der Waals surface area contributed by atoms with Crippen molar-refractivity contribution in [3.05, 3.63) is 36.0 Å². The van der Waals surface area contributed by atoms with Crippen LogP contribution in [0, 0.1) is 0 Å². The van der Waals surface area contributed by atoms with Crippen molar-refractivity contribution in [1.29, 1.82) is 0 Å². The van der Waals surface area contributed by atoms with Crippen LogP contribution >= 0.6 is 0 Å². The van der Waals surface area contributed by atoms with Gasteiger partial charge < -0.3 is 5.32 Å². The topological polar surface area (TPSA) is 17.0 Å². The number of halogens is 2. The number of aromatic nitrogens is 1. The average Bonchev–Trinajstić information content (AvgIpc) is 3.03. The molecule has 2 aromatic rings. The Morgan fingerprint density at radius 2 is 2.12 bits per heavy atom. The molecule has 2 nitrogen and oxygen atoms in total. The summed E-state index contributed by atoms with van der Waals surface area (Å²) in [5.74, 6) is 0. The number of hydrogen-bond donors (Lipinski definition) is 1. The van der Waals surface area contributed by atoms with Gasteiger partial charge in [-0.25, -0.2) is 0 Å². The zero-order valence-electron chi connectivity index (χ0n) is 9.37. The Morgan fingerprint density at radius 1 is 1.29 bits per heavy atom. The number of benzene rings is 1. The highest BCUT2D eigenvalue weighted by Gasteiger charge is 2.21. The largest absolute Gasteiger partial charge is 0.319 e. The normalized spacial score (nSPS) is 15.9. The molecule has 1 aliphatic rings. The molecule has 1 N–H and O–H groups in total. The molecule has 1 fully saturated rings. The molecule has 0 atom stereocenters. The van der Waals surface area contributed by atoms with Crippen LogP contribution in [0.25, 0.3) is 10.9 Å². The summed E-state index contributed by atoms with van der Waals surface area (Å²) in [4.78, 5) is 0. The molecular formula is C13H14F2N2. The van der Waals surface area contributed by atoms with Gasteiger partial charge in [-0.15, -0.1) is 0 Å². The fraction of sp³-hybridized carbons (Fsp3) is 0.385. The Morgan fingerprint density at radius 3 is 2.82 bits per heavy atom. The van der Waals surface area contributed by atoms with E-state index >= 15 is 0 Å². The molecule has 3 rings (SSSR count). The summed E-state index contributed by atoms with van der Waals surface area (Å²) in [5, 5.41) is 4.24. The van der Waals surface area contributed by atoms with Gasteiger partial charge in [0, 0.05) is 24.2 Å². The Hall–Kier alpha value is -1.42. The fourth-order valence-corrected chi connectivity index (χ4v) is 2.14. The first kappa shape index (κ1) is 10.7. The predicted molar refractivity (Wildman–Crippen MR) is 63.1 cm³/mol. The lowest BCUT2D eigenvalue weighted by atomic mass is 10.1. The van der Waals surface area contributed by atoms with E-state index in [0.717, 1.165) is 15.5 Å². The first-order chi connectivity index (χ1) is 8.25. The van der Waals surface area contributed by atoms with E-state index in [1.807, 2.05) is 18.2 Å². The SMILES string of the molecule is FC(F)n1ccc2cccc(CNC3CC3)c21. The molecular weight excluding hydrogens is 222 g/mol. The predicted octanol–water partition coefficient (Wildman–Crippen LogP) is 3.29. The number of rotatable bonds is 4. The lowest BCUT2D eigenvalue weighted by Crippen LogP contribution is -2.16. The van der Waals surface area contributed by atoms with E-state index in [1.165, 1.54) is 19.0 Å². The standard InChI is InChI=1S/C13H14F2N2/c14-13(15)17-7-6-9-2-1-3-10(12(9)17)8-16-11-4-5-11/h1-3,6-7,11,13,16H,4-5,8H2. The number of fused-ring (bicyclic) bond motifs is 1. The van der Waals surface area contributed by atoms with E-state index in [4.69, 9.17) is 0 Å². The highest BCUT2D eigenvalue weighted by molar-refractivity contribution is 5.83. The molecule has 0 radical (unpaired) electrons. The van der Waals surface area contributed by atoms with Crippen LogP contribution < -0.4 is 5.32 Å². The fourth-order valence-electron chi connectivity index (χ4n) is 2.14. The Balaban J connectivity index is 1.99. The van der Waals surface area contributed by atoms with Gasteiger partial charge in [-0.2, -0.15) is 8.78 Å². The first-order valence-electron chi connectivity index (χ1n) is 5.85. The minimum atomic E-state index is -2.48. The first-order valence-corrected chi connectivity index (χ1v) is 5.85. The van der Waals surface area contributed by atoms with Crippen LogP contribution in [0.15, 0.2) is 30.5 Å². The summed E-state index contributed by atoms with van der Waals surface area (Å²) in [7, 11) is 0. The zero-order valence-corrected chi connectivity index (χ0v) is 9.37. The molecule has 17 heavy (non-hydrogen) atoms. The van der Waals surface area contributed by atoms with Crippen molar-refractivity contribution in [1.82, 2.24) is 9.88 Å². The molecule has 0 saturated heterocycles. The van der Waals surface area contributed by atoms with Gasteiger partial charge in [0.05, 0.1) is 5.52 Å². The smallest absolute Gasteiger partial charge is 0.310 e. The van der Waals surface area contributed by atoms with Gasteiger partial charge in [-0.1, -0.05) is 18.2 Å². The molecule has 0 spiro atoms. The van der Waals surface area contributed by atoms with Gasteiger partial charge in [0.15, 0.2) is 0 Å². The van der Waals surface area contributed by atoms with E-state index in [1.54, 1.807) is 6.07 Å². The Labute approximate surface area is 98.2 Å². The molecule has 1 aromatic heterocycles. The molecule has 1 heterocycles. The van der Waals surface area contributed by atoms with Crippen molar-refractivity contribution in [3.8, 4) is 0 Å². The highest BCUT2D eigenvalue weighted by atomic mass is 19.3. The number of para-hydroxylation sites is 1. The molecule has 0 amide bonds. The minimum Gasteiger partial charge on any atom is -0.310 e. The van der Waals surface area contributed by atoms with Gasteiger partial charge in [0.1, 0.15) is 0 Å².